The number of primary amides is 1. The Hall–Kier alpha value is -2.36. The minimum Gasteiger partial charge on any atom is -0.369 e. The van der Waals surface area contributed by atoms with Crippen LogP contribution < -0.4 is 11.1 Å². The van der Waals surface area contributed by atoms with Gasteiger partial charge in [0.15, 0.2) is 0 Å². The second-order valence-corrected chi connectivity index (χ2v) is 8.69. The number of nitrogens with two attached hydrogens (primary N) is 1. The third-order valence-electron chi connectivity index (χ3n) is 3.38. The molecule has 0 aliphatic carbocycles. The van der Waals surface area contributed by atoms with E-state index in [0.717, 1.165) is 4.31 Å². The number of para-hydroxylation sites is 1. The average molecular weight is 393 g/mol. The predicted octanol–water partition coefficient (Wildman–Crippen LogP) is 1.77. The third kappa shape index (κ3) is 4.84. The Morgan fingerprint density at radius 2 is 1.81 bits per heavy atom. The Bertz CT molecular complexity index is 927. The molecule has 0 aromatic heterocycles. The molecule has 0 spiro atoms. The first-order chi connectivity index (χ1) is 12.2. The maximum absolute atomic E-state index is 12.5. The first-order valence-corrected chi connectivity index (χ1v) is 9.98. The molecular weight excluding hydrogens is 374 g/mol. The van der Waals surface area contributed by atoms with Crippen molar-refractivity contribution in [2.24, 2.45) is 5.73 Å². The monoisotopic (exact) mass is 393 g/mol. The quantitative estimate of drug-likeness (QED) is 0.697. The van der Waals surface area contributed by atoms with Crippen LogP contribution in [-0.4, -0.2) is 44.4 Å². The Morgan fingerprint density at radius 1 is 1.12 bits per heavy atom. The van der Waals surface area contributed by atoms with Crippen LogP contribution in [0.25, 0.3) is 0 Å². The number of thioether (sulfide) groups is 1. The summed E-state index contributed by atoms with van der Waals surface area (Å²) >= 11 is 1.21. The van der Waals surface area contributed by atoms with Crippen molar-refractivity contribution in [1.82, 2.24) is 4.31 Å². The van der Waals surface area contributed by atoms with E-state index in [0.29, 0.717) is 10.6 Å². The zero-order chi connectivity index (χ0) is 19.3. The van der Waals surface area contributed by atoms with E-state index in [1.54, 1.807) is 24.3 Å². The number of rotatable bonds is 7. The summed E-state index contributed by atoms with van der Waals surface area (Å²) in [6.45, 7) is 0. The normalized spacial score (nSPS) is 11.3. The molecule has 0 radical (unpaired) electrons. The summed E-state index contributed by atoms with van der Waals surface area (Å²) in [7, 11) is -0.784. The van der Waals surface area contributed by atoms with E-state index in [-0.39, 0.29) is 16.2 Å². The number of hydrogen-bond acceptors (Lipinski definition) is 5. The summed E-state index contributed by atoms with van der Waals surface area (Å²) in [5.41, 5.74) is 5.89. The summed E-state index contributed by atoms with van der Waals surface area (Å²) in [4.78, 5) is 24.2. The molecule has 0 unspecified atom stereocenters. The van der Waals surface area contributed by atoms with Crippen LogP contribution in [0.3, 0.4) is 0 Å². The van der Waals surface area contributed by atoms with E-state index >= 15 is 0 Å². The molecule has 2 aromatic rings. The number of carbonyl (C=O) groups excluding carboxylic acids is 2. The fraction of sp³-hybridized carbons (Fsp3) is 0.176. The number of nitrogens with zero attached hydrogens (tertiary/aromatic N) is 1. The molecular formula is C17H19N3O4S2. The predicted molar refractivity (Wildman–Crippen MR) is 102 cm³/mol. The van der Waals surface area contributed by atoms with Gasteiger partial charge < -0.3 is 11.1 Å². The number of nitrogens with one attached hydrogen (secondary N) is 1. The molecule has 3 N–H and O–H groups in total. The summed E-state index contributed by atoms with van der Waals surface area (Å²) < 4.78 is 25.5. The number of anilines is 1. The highest BCUT2D eigenvalue weighted by Crippen LogP contribution is 2.27. The topological polar surface area (TPSA) is 110 Å². The van der Waals surface area contributed by atoms with E-state index in [1.807, 2.05) is 0 Å². The van der Waals surface area contributed by atoms with Crippen LogP contribution in [0, 0.1) is 0 Å². The lowest BCUT2D eigenvalue weighted by Gasteiger charge is -2.13. The van der Waals surface area contributed by atoms with Gasteiger partial charge in [0, 0.05) is 24.6 Å². The highest BCUT2D eigenvalue weighted by atomic mass is 32.2. The largest absolute Gasteiger partial charge is 0.369 e. The Labute approximate surface area is 156 Å². The van der Waals surface area contributed by atoms with E-state index in [1.165, 1.54) is 50.1 Å². The molecule has 0 saturated carbocycles. The first-order valence-electron chi connectivity index (χ1n) is 7.56. The molecule has 0 bridgehead atoms. The van der Waals surface area contributed by atoms with E-state index in [4.69, 9.17) is 5.73 Å². The molecule has 2 amide bonds. The van der Waals surface area contributed by atoms with Crippen molar-refractivity contribution in [3.05, 3.63) is 54.1 Å². The van der Waals surface area contributed by atoms with Gasteiger partial charge in [-0.15, -0.1) is 11.8 Å². The van der Waals surface area contributed by atoms with Crippen LogP contribution in [0.4, 0.5) is 5.69 Å². The van der Waals surface area contributed by atoms with Gasteiger partial charge in [0.05, 0.1) is 16.3 Å². The van der Waals surface area contributed by atoms with Crippen molar-refractivity contribution in [3.63, 3.8) is 0 Å². The second-order valence-electron chi connectivity index (χ2n) is 5.52. The number of sulfonamides is 1. The summed E-state index contributed by atoms with van der Waals surface area (Å²) in [5, 5.41) is 2.74. The standard InChI is InChI=1S/C17H19N3O4S2/c1-20(2)26(23,24)13-7-5-6-12(10-13)17(22)19-14-8-3-4-9-15(14)25-11-16(18)21/h3-10H,11H2,1-2H3,(H2,18,21)(H,19,22). The Kier molecular flexibility index (Phi) is 6.41. The molecule has 0 heterocycles. The molecule has 2 rings (SSSR count). The van der Waals surface area contributed by atoms with Crippen molar-refractivity contribution in [3.8, 4) is 0 Å². The van der Waals surface area contributed by atoms with Gasteiger partial charge in [0.2, 0.25) is 15.9 Å². The van der Waals surface area contributed by atoms with Gasteiger partial charge in [-0.25, -0.2) is 12.7 Å². The highest BCUT2D eigenvalue weighted by molar-refractivity contribution is 8.00. The maximum Gasteiger partial charge on any atom is 0.255 e. The lowest BCUT2D eigenvalue weighted by molar-refractivity contribution is -0.115. The van der Waals surface area contributed by atoms with Crippen LogP contribution in [0.15, 0.2) is 58.3 Å². The number of amides is 2. The molecule has 0 aliphatic heterocycles. The van der Waals surface area contributed by atoms with Crippen LogP contribution >= 0.6 is 11.8 Å². The van der Waals surface area contributed by atoms with E-state index < -0.39 is 21.8 Å². The summed E-state index contributed by atoms with van der Waals surface area (Å²) in [5.74, 6) is -0.825. The molecule has 7 nitrogen and oxygen atoms in total. The fourth-order valence-corrected chi connectivity index (χ4v) is 3.74. The van der Waals surface area contributed by atoms with Gasteiger partial charge in [-0.05, 0) is 30.3 Å². The molecule has 26 heavy (non-hydrogen) atoms. The molecule has 0 fully saturated rings. The molecule has 0 atom stereocenters. The van der Waals surface area contributed by atoms with Crippen molar-refractivity contribution >= 4 is 39.3 Å². The molecule has 0 saturated heterocycles. The SMILES string of the molecule is CN(C)S(=O)(=O)c1cccc(C(=O)Nc2ccccc2SCC(N)=O)c1. The molecule has 9 heteroatoms. The summed E-state index contributed by atoms with van der Waals surface area (Å²) in [6, 6.07) is 12.8. The van der Waals surface area contributed by atoms with Gasteiger partial charge in [-0.3, -0.25) is 9.59 Å². The second kappa shape index (κ2) is 8.35. The Balaban J connectivity index is 2.25. The van der Waals surface area contributed by atoms with Gasteiger partial charge in [0.1, 0.15) is 0 Å². The lowest BCUT2D eigenvalue weighted by atomic mass is 10.2. The third-order valence-corrected chi connectivity index (χ3v) is 6.29. The van der Waals surface area contributed by atoms with Crippen LogP contribution in [0.5, 0.6) is 0 Å². The van der Waals surface area contributed by atoms with Crippen LogP contribution in [-0.2, 0) is 14.8 Å². The number of carbonyl (C=O) groups is 2. The van der Waals surface area contributed by atoms with Gasteiger partial charge in [-0.1, -0.05) is 18.2 Å². The van der Waals surface area contributed by atoms with Gasteiger partial charge >= 0.3 is 0 Å². The minimum atomic E-state index is -3.63. The molecule has 0 aliphatic rings. The lowest BCUT2D eigenvalue weighted by Crippen LogP contribution is -2.22. The van der Waals surface area contributed by atoms with Crippen molar-refractivity contribution in [2.45, 2.75) is 9.79 Å². The van der Waals surface area contributed by atoms with Crippen molar-refractivity contribution in [1.29, 1.82) is 0 Å². The minimum absolute atomic E-state index is 0.0338. The van der Waals surface area contributed by atoms with E-state index in [2.05, 4.69) is 5.32 Å². The number of benzene rings is 2. The fourth-order valence-electron chi connectivity index (χ4n) is 2.05. The maximum atomic E-state index is 12.5. The van der Waals surface area contributed by atoms with E-state index in [9.17, 15) is 18.0 Å². The average Bonchev–Trinajstić information content (AvgIpc) is 2.60. The molecule has 2 aromatic carbocycles. The highest BCUT2D eigenvalue weighted by Gasteiger charge is 2.19. The van der Waals surface area contributed by atoms with Crippen LogP contribution in [0.2, 0.25) is 0 Å². The van der Waals surface area contributed by atoms with Crippen molar-refractivity contribution in [2.75, 3.05) is 25.2 Å². The van der Waals surface area contributed by atoms with Gasteiger partial charge in [-0.2, -0.15) is 0 Å². The zero-order valence-corrected chi connectivity index (χ0v) is 15.9. The molecule has 138 valence electrons. The van der Waals surface area contributed by atoms with Crippen molar-refractivity contribution < 1.29 is 18.0 Å². The summed E-state index contributed by atoms with van der Waals surface area (Å²) in [6.07, 6.45) is 0. The van der Waals surface area contributed by atoms with Gasteiger partial charge in [0.25, 0.3) is 5.91 Å². The van der Waals surface area contributed by atoms with Crippen LogP contribution in [0.1, 0.15) is 10.4 Å². The zero-order valence-electron chi connectivity index (χ0n) is 14.3. The first kappa shape index (κ1) is 20.0. The Morgan fingerprint density at radius 3 is 2.46 bits per heavy atom. The smallest absolute Gasteiger partial charge is 0.255 e. The number of hydrogen-bond donors (Lipinski definition) is 2.